The summed E-state index contributed by atoms with van der Waals surface area (Å²) in [5.74, 6) is 0. The lowest BCUT2D eigenvalue weighted by molar-refractivity contribution is 0.320. The van der Waals surface area contributed by atoms with Crippen LogP contribution in [0.4, 0.5) is 0 Å². The van der Waals surface area contributed by atoms with E-state index in [9.17, 15) is 4.57 Å². The normalized spacial score (nSPS) is 23.8. The molecule has 0 saturated carbocycles. The van der Waals surface area contributed by atoms with Crippen LogP contribution in [0.1, 0.15) is 6.92 Å². The highest BCUT2D eigenvalue weighted by Crippen LogP contribution is 2.50. The zero-order valence-electron chi connectivity index (χ0n) is 6.50. The average Bonchev–Trinajstić information content (AvgIpc) is 2.33. The van der Waals surface area contributed by atoms with Crippen molar-refractivity contribution >= 4 is 19.0 Å². The van der Waals surface area contributed by atoms with Crippen LogP contribution in [0, 0.1) is 0 Å². The first-order valence-corrected chi connectivity index (χ1v) is 6.07. The molecule has 0 bridgehead atoms. The van der Waals surface area contributed by atoms with Crippen LogP contribution in [0.2, 0.25) is 0 Å². The van der Waals surface area contributed by atoms with E-state index >= 15 is 0 Å². The van der Waals surface area contributed by atoms with Crippen molar-refractivity contribution in [3.63, 3.8) is 0 Å². The summed E-state index contributed by atoms with van der Waals surface area (Å²) in [6, 6.07) is 0. The molecular formula is C7H12ClO2P. The predicted molar refractivity (Wildman–Crippen MR) is 47.7 cm³/mol. The van der Waals surface area contributed by atoms with Crippen LogP contribution in [-0.4, -0.2) is 24.3 Å². The largest absolute Gasteiger partial charge is 0.326 e. The van der Waals surface area contributed by atoms with Gasteiger partial charge in [-0.3, -0.25) is 4.57 Å². The lowest BCUT2D eigenvalue weighted by atomic mass is 10.5. The van der Waals surface area contributed by atoms with E-state index in [0.717, 1.165) is 0 Å². The Hall–Kier alpha value is 0.220. The monoisotopic (exact) mass is 194 g/mol. The summed E-state index contributed by atoms with van der Waals surface area (Å²) in [6.45, 7) is 2.22. The molecule has 0 spiro atoms. The molecule has 1 rings (SSSR count). The van der Waals surface area contributed by atoms with Crippen molar-refractivity contribution in [3.05, 3.63) is 12.2 Å². The van der Waals surface area contributed by atoms with E-state index in [1.54, 1.807) is 0 Å². The molecule has 1 aliphatic heterocycles. The highest BCUT2D eigenvalue weighted by Gasteiger charge is 2.24. The molecule has 11 heavy (non-hydrogen) atoms. The van der Waals surface area contributed by atoms with Crippen LogP contribution >= 0.6 is 19.0 Å². The first-order chi connectivity index (χ1) is 5.12. The predicted octanol–water partition coefficient (Wildman–Crippen LogP) is 2.48. The molecule has 0 N–H and O–H groups in total. The van der Waals surface area contributed by atoms with Crippen LogP contribution in [0.25, 0.3) is 0 Å². The third-order valence-electron chi connectivity index (χ3n) is 1.47. The molecule has 0 aliphatic carbocycles. The Kier molecular flexibility index (Phi) is 3.17. The SMILES string of the molecule is CC(Cl)COP1(=O)CC=CC1. The summed E-state index contributed by atoms with van der Waals surface area (Å²) in [5, 5.41) is -0.0542. The summed E-state index contributed by atoms with van der Waals surface area (Å²) in [5.41, 5.74) is 0. The van der Waals surface area contributed by atoms with E-state index in [0.29, 0.717) is 18.9 Å². The van der Waals surface area contributed by atoms with E-state index in [1.165, 1.54) is 0 Å². The molecule has 2 nitrogen and oxygen atoms in total. The first-order valence-electron chi connectivity index (χ1n) is 3.64. The highest BCUT2D eigenvalue weighted by atomic mass is 35.5. The van der Waals surface area contributed by atoms with Gasteiger partial charge in [-0.2, -0.15) is 0 Å². The molecular weight excluding hydrogens is 183 g/mol. The molecule has 0 aromatic heterocycles. The second-order valence-corrected chi connectivity index (χ2v) is 6.09. The second-order valence-electron chi connectivity index (χ2n) is 2.73. The molecule has 1 aliphatic rings. The number of hydrogen-bond acceptors (Lipinski definition) is 2. The molecule has 64 valence electrons. The molecule has 1 atom stereocenters. The van der Waals surface area contributed by atoms with E-state index in [1.807, 2.05) is 19.1 Å². The summed E-state index contributed by atoms with van der Waals surface area (Å²) >= 11 is 5.65. The van der Waals surface area contributed by atoms with Crippen molar-refractivity contribution in [3.8, 4) is 0 Å². The van der Waals surface area contributed by atoms with E-state index in [4.69, 9.17) is 16.1 Å². The summed E-state index contributed by atoms with van der Waals surface area (Å²) in [7, 11) is -2.32. The molecule has 0 radical (unpaired) electrons. The number of alkyl halides is 1. The van der Waals surface area contributed by atoms with Crippen LogP contribution in [-0.2, 0) is 9.09 Å². The van der Waals surface area contributed by atoms with Crippen molar-refractivity contribution in [1.82, 2.24) is 0 Å². The van der Waals surface area contributed by atoms with Crippen LogP contribution < -0.4 is 0 Å². The fraction of sp³-hybridized carbons (Fsp3) is 0.714. The van der Waals surface area contributed by atoms with Gasteiger partial charge >= 0.3 is 0 Å². The van der Waals surface area contributed by atoms with Gasteiger partial charge in [-0.05, 0) is 6.92 Å². The molecule has 4 heteroatoms. The number of hydrogen-bond donors (Lipinski definition) is 0. The molecule has 0 aromatic carbocycles. The molecule has 0 fully saturated rings. The molecule has 0 aromatic rings. The van der Waals surface area contributed by atoms with Gasteiger partial charge in [0.2, 0.25) is 7.37 Å². The van der Waals surface area contributed by atoms with Gasteiger partial charge in [0.05, 0.1) is 12.0 Å². The van der Waals surface area contributed by atoms with Gasteiger partial charge in [0, 0.05) is 12.3 Å². The van der Waals surface area contributed by atoms with E-state index in [2.05, 4.69) is 0 Å². The van der Waals surface area contributed by atoms with Gasteiger partial charge in [-0.15, -0.1) is 11.6 Å². The van der Waals surface area contributed by atoms with Gasteiger partial charge in [0.1, 0.15) is 0 Å². The van der Waals surface area contributed by atoms with Gasteiger partial charge in [-0.25, -0.2) is 0 Å². The maximum Gasteiger partial charge on any atom is 0.210 e. The van der Waals surface area contributed by atoms with Crippen LogP contribution in [0.3, 0.4) is 0 Å². The third kappa shape index (κ3) is 2.98. The minimum Gasteiger partial charge on any atom is -0.326 e. The third-order valence-corrected chi connectivity index (χ3v) is 3.75. The van der Waals surface area contributed by atoms with Crippen molar-refractivity contribution in [1.29, 1.82) is 0 Å². The van der Waals surface area contributed by atoms with Crippen molar-refractivity contribution in [2.75, 3.05) is 18.9 Å². The van der Waals surface area contributed by atoms with E-state index < -0.39 is 7.37 Å². The zero-order chi connectivity index (χ0) is 8.32. The minimum atomic E-state index is -2.32. The Balaban J connectivity index is 2.31. The maximum absolute atomic E-state index is 11.6. The Labute approximate surface area is 72.0 Å². The summed E-state index contributed by atoms with van der Waals surface area (Å²) in [4.78, 5) is 0. The van der Waals surface area contributed by atoms with Crippen molar-refractivity contribution < 1.29 is 9.09 Å². The summed E-state index contributed by atoms with van der Waals surface area (Å²) < 4.78 is 16.8. The number of rotatable bonds is 3. The first kappa shape index (κ1) is 9.31. The van der Waals surface area contributed by atoms with Gasteiger partial charge in [0.15, 0.2) is 0 Å². The van der Waals surface area contributed by atoms with Crippen molar-refractivity contribution in [2.45, 2.75) is 12.3 Å². The summed E-state index contributed by atoms with van der Waals surface area (Å²) in [6.07, 6.45) is 4.96. The minimum absolute atomic E-state index is 0.0542. The zero-order valence-corrected chi connectivity index (χ0v) is 8.15. The van der Waals surface area contributed by atoms with E-state index in [-0.39, 0.29) is 5.38 Å². The fourth-order valence-electron chi connectivity index (χ4n) is 0.889. The Morgan fingerprint density at radius 1 is 1.64 bits per heavy atom. The molecule has 0 saturated heterocycles. The van der Waals surface area contributed by atoms with Crippen molar-refractivity contribution in [2.24, 2.45) is 0 Å². The second kappa shape index (κ2) is 3.75. The topological polar surface area (TPSA) is 26.3 Å². The number of allylic oxidation sites excluding steroid dienone is 2. The smallest absolute Gasteiger partial charge is 0.210 e. The fourth-order valence-corrected chi connectivity index (χ4v) is 2.84. The standard InChI is InChI=1S/C7H12ClO2P/c1-7(8)6-10-11(9)4-2-3-5-11/h2-3,7H,4-6H2,1H3. The Morgan fingerprint density at radius 2 is 2.18 bits per heavy atom. The average molecular weight is 195 g/mol. The lowest BCUT2D eigenvalue weighted by Gasteiger charge is -2.12. The molecule has 1 heterocycles. The molecule has 1 unspecified atom stereocenters. The maximum atomic E-state index is 11.6. The van der Waals surface area contributed by atoms with Gasteiger partial charge < -0.3 is 4.52 Å². The van der Waals surface area contributed by atoms with Gasteiger partial charge in [0.25, 0.3) is 0 Å². The highest BCUT2D eigenvalue weighted by molar-refractivity contribution is 7.59. The lowest BCUT2D eigenvalue weighted by Crippen LogP contribution is -2.03. The number of halogens is 1. The Bertz CT molecular complexity index is 189. The van der Waals surface area contributed by atoms with Gasteiger partial charge in [-0.1, -0.05) is 12.2 Å². The van der Waals surface area contributed by atoms with Crippen LogP contribution in [0.5, 0.6) is 0 Å². The van der Waals surface area contributed by atoms with Crippen LogP contribution in [0.15, 0.2) is 12.2 Å². The molecule has 0 amide bonds. The quantitative estimate of drug-likeness (QED) is 0.392. The Morgan fingerprint density at radius 3 is 2.64 bits per heavy atom.